The van der Waals surface area contributed by atoms with E-state index >= 15 is 0 Å². The molecule has 1 aromatic carbocycles. The van der Waals surface area contributed by atoms with Crippen molar-refractivity contribution in [3.8, 4) is 11.5 Å². The van der Waals surface area contributed by atoms with Crippen molar-refractivity contribution in [2.75, 3.05) is 0 Å². The lowest BCUT2D eigenvalue weighted by molar-refractivity contribution is -0.162. The molecule has 0 saturated heterocycles. The summed E-state index contributed by atoms with van der Waals surface area (Å²) < 4.78 is 80.8. The molecule has 0 unspecified atom stereocenters. The number of alkyl halides is 6. The van der Waals surface area contributed by atoms with Crippen molar-refractivity contribution in [2.45, 2.75) is 12.4 Å². The van der Waals surface area contributed by atoms with Crippen LogP contribution in [0.3, 0.4) is 0 Å². The van der Waals surface area contributed by atoms with Gasteiger partial charge in [-0.2, -0.15) is 26.3 Å². The third-order valence-corrected chi connectivity index (χ3v) is 2.99. The molecule has 8 heteroatoms. The second-order valence-corrected chi connectivity index (χ2v) is 4.54. The van der Waals surface area contributed by atoms with Crippen LogP contribution in [-0.4, -0.2) is 0 Å². The van der Waals surface area contributed by atoms with Crippen LogP contribution in [0.15, 0.2) is 35.0 Å². The minimum Gasteiger partial charge on any atom is -0.456 e. The lowest BCUT2D eigenvalue weighted by Gasteiger charge is -2.16. The molecule has 0 spiro atoms. The van der Waals surface area contributed by atoms with Gasteiger partial charge in [0.2, 0.25) is 0 Å². The summed E-state index contributed by atoms with van der Waals surface area (Å²) in [6, 6.07) is 3.07. The molecular weight excluding hydrogens is 306 g/mol. The molecular formula is C12H6F6OS. The molecule has 0 aliphatic rings. The lowest BCUT2D eigenvalue weighted by Crippen LogP contribution is -2.16. The molecule has 0 N–H and O–H groups in total. The largest absolute Gasteiger partial charge is 0.456 e. The van der Waals surface area contributed by atoms with Crippen LogP contribution < -0.4 is 4.74 Å². The van der Waals surface area contributed by atoms with Crippen LogP contribution in [0, 0.1) is 0 Å². The Kier molecular flexibility index (Phi) is 3.68. The van der Waals surface area contributed by atoms with Crippen molar-refractivity contribution in [1.82, 2.24) is 0 Å². The average Bonchev–Trinajstić information content (AvgIpc) is 2.79. The minimum absolute atomic E-state index is 0.267. The second-order valence-electron chi connectivity index (χ2n) is 3.76. The first-order valence-electron chi connectivity index (χ1n) is 5.16. The fourth-order valence-corrected chi connectivity index (χ4v) is 2.07. The van der Waals surface area contributed by atoms with Crippen LogP contribution in [0.4, 0.5) is 26.3 Å². The third kappa shape index (κ3) is 3.24. The van der Waals surface area contributed by atoms with Gasteiger partial charge in [-0.15, -0.1) is 11.3 Å². The monoisotopic (exact) mass is 312 g/mol. The van der Waals surface area contributed by atoms with Crippen LogP contribution in [0.5, 0.6) is 11.5 Å². The molecule has 0 saturated carbocycles. The van der Waals surface area contributed by atoms with Gasteiger partial charge in [-0.1, -0.05) is 0 Å². The van der Waals surface area contributed by atoms with Crippen molar-refractivity contribution in [1.29, 1.82) is 0 Å². The predicted octanol–water partition coefficient (Wildman–Crippen LogP) is 5.58. The number of halogens is 6. The molecule has 1 nitrogen and oxygen atoms in total. The summed E-state index contributed by atoms with van der Waals surface area (Å²) in [6.07, 6.45) is -10.2. The first-order chi connectivity index (χ1) is 9.18. The van der Waals surface area contributed by atoms with Crippen LogP contribution >= 0.6 is 11.3 Å². The van der Waals surface area contributed by atoms with E-state index in [0.717, 1.165) is 6.07 Å². The lowest BCUT2D eigenvalue weighted by atomic mass is 10.1. The predicted molar refractivity (Wildman–Crippen MR) is 60.8 cm³/mol. The molecule has 0 bridgehead atoms. The third-order valence-electron chi connectivity index (χ3n) is 2.33. The molecule has 0 radical (unpaired) electrons. The minimum atomic E-state index is -5.11. The maximum atomic E-state index is 12.7. The van der Waals surface area contributed by atoms with E-state index in [2.05, 4.69) is 0 Å². The maximum Gasteiger partial charge on any atom is 0.417 e. The maximum absolute atomic E-state index is 12.7. The van der Waals surface area contributed by atoms with Crippen LogP contribution in [-0.2, 0) is 12.4 Å². The SMILES string of the molecule is FC(F)(F)c1ccc(Oc2ccsc2)cc1C(F)(F)F. The molecule has 20 heavy (non-hydrogen) atoms. The van der Waals surface area contributed by atoms with E-state index in [0.29, 0.717) is 12.1 Å². The van der Waals surface area contributed by atoms with Gasteiger partial charge >= 0.3 is 12.4 Å². The second kappa shape index (κ2) is 5.01. The normalized spacial score (nSPS) is 12.5. The fourth-order valence-electron chi connectivity index (χ4n) is 1.51. The van der Waals surface area contributed by atoms with Gasteiger partial charge in [0.05, 0.1) is 11.1 Å². The molecule has 0 atom stereocenters. The molecule has 1 heterocycles. The van der Waals surface area contributed by atoms with E-state index < -0.39 is 23.5 Å². The Morgan fingerprint density at radius 1 is 0.800 bits per heavy atom. The highest BCUT2D eigenvalue weighted by atomic mass is 32.1. The number of hydrogen-bond donors (Lipinski definition) is 0. The van der Waals surface area contributed by atoms with Gasteiger partial charge in [-0.05, 0) is 29.6 Å². The van der Waals surface area contributed by atoms with Gasteiger partial charge in [0.15, 0.2) is 0 Å². The zero-order valence-electron chi connectivity index (χ0n) is 9.55. The van der Waals surface area contributed by atoms with Gasteiger partial charge in [-0.25, -0.2) is 0 Å². The van der Waals surface area contributed by atoms with E-state index in [1.54, 1.807) is 5.38 Å². The van der Waals surface area contributed by atoms with Crippen molar-refractivity contribution in [2.24, 2.45) is 0 Å². The van der Waals surface area contributed by atoms with Crippen LogP contribution in [0.1, 0.15) is 11.1 Å². The Morgan fingerprint density at radius 2 is 1.45 bits per heavy atom. The summed E-state index contributed by atoms with van der Waals surface area (Å²) in [5.74, 6) is -0.0355. The standard InChI is InChI=1S/C12H6F6OS/c13-11(14,15)9-2-1-7(5-10(9)12(16,17)18)19-8-3-4-20-6-8/h1-6H. The Hall–Kier alpha value is -1.70. The highest BCUT2D eigenvalue weighted by Gasteiger charge is 2.43. The van der Waals surface area contributed by atoms with Gasteiger partial charge in [0, 0.05) is 5.38 Å². The fraction of sp³-hybridized carbons (Fsp3) is 0.167. The Labute approximate surface area is 113 Å². The van der Waals surface area contributed by atoms with Crippen molar-refractivity contribution >= 4 is 11.3 Å². The van der Waals surface area contributed by atoms with Gasteiger partial charge in [-0.3, -0.25) is 0 Å². The van der Waals surface area contributed by atoms with Crippen molar-refractivity contribution in [3.05, 3.63) is 46.2 Å². The van der Waals surface area contributed by atoms with Gasteiger partial charge in [0.1, 0.15) is 11.5 Å². The summed E-state index contributed by atoms with van der Waals surface area (Å²) in [4.78, 5) is 0. The molecule has 1 aromatic heterocycles. The number of thiophene rings is 1. The molecule has 0 amide bonds. The highest BCUT2D eigenvalue weighted by molar-refractivity contribution is 7.08. The summed E-state index contributed by atoms with van der Waals surface area (Å²) in [6.45, 7) is 0. The smallest absolute Gasteiger partial charge is 0.417 e. The highest BCUT2D eigenvalue weighted by Crippen LogP contribution is 2.42. The van der Waals surface area contributed by atoms with E-state index in [-0.39, 0.29) is 11.5 Å². The zero-order valence-corrected chi connectivity index (χ0v) is 10.4. The topological polar surface area (TPSA) is 9.23 Å². The quantitative estimate of drug-likeness (QED) is 0.658. The van der Waals surface area contributed by atoms with E-state index in [4.69, 9.17) is 4.74 Å². The van der Waals surface area contributed by atoms with Crippen molar-refractivity contribution < 1.29 is 31.1 Å². The summed E-state index contributed by atoms with van der Waals surface area (Å²) in [5, 5.41) is 3.15. The average molecular weight is 312 g/mol. The number of rotatable bonds is 2. The van der Waals surface area contributed by atoms with Crippen LogP contribution in [0.25, 0.3) is 0 Å². The molecule has 0 aliphatic heterocycles. The Bertz CT molecular complexity index is 585. The van der Waals surface area contributed by atoms with E-state index in [1.165, 1.54) is 22.8 Å². The number of ether oxygens (including phenoxy) is 1. The van der Waals surface area contributed by atoms with Gasteiger partial charge in [0.25, 0.3) is 0 Å². The number of hydrogen-bond acceptors (Lipinski definition) is 2. The first-order valence-corrected chi connectivity index (χ1v) is 6.11. The number of benzene rings is 1. The zero-order chi connectivity index (χ0) is 15.0. The summed E-state index contributed by atoms with van der Waals surface area (Å²) in [5.41, 5.74) is -3.50. The molecule has 2 aromatic rings. The molecule has 0 aliphatic carbocycles. The Balaban J connectivity index is 2.44. The van der Waals surface area contributed by atoms with E-state index in [9.17, 15) is 26.3 Å². The summed E-state index contributed by atoms with van der Waals surface area (Å²) in [7, 11) is 0. The van der Waals surface area contributed by atoms with Crippen LogP contribution in [0.2, 0.25) is 0 Å². The molecule has 2 rings (SSSR count). The van der Waals surface area contributed by atoms with Crippen molar-refractivity contribution in [3.63, 3.8) is 0 Å². The van der Waals surface area contributed by atoms with Gasteiger partial charge < -0.3 is 4.74 Å². The first kappa shape index (κ1) is 14.7. The molecule has 0 fully saturated rings. The molecule has 108 valence electrons. The Morgan fingerprint density at radius 3 is 1.95 bits per heavy atom. The summed E-state index contributed by atoms with van der Waals surface area (Å²) >= 11 is 1.25. The van der Waals surface area contributed by atoms with E-state index in [1.807, 2.05) is 0 Å².